The van der Waals surface area contributed by atoms with Gasteiger partial charge >= 0.3 is 12.1 Å². The molecule has 1 unspecified atom stereocenters. The van der Waals surface area contributed by atoms with E-state index >= 15 is 0 Å². The maximum atomic E-state index is 11.7. The number of hydrogen-bond donors (Lipinski definition) is 1. The molecule has 2 rings (SSSR count). The third-order valence-electron chi connectivity index (χ3n) is 3.72. The Hall–Kier alpha value is -3.26. The molecule has 0 heterocycles. The van der Waals surface area contributed by atoms with Crippen molar-refractivity contribution in [3.63, 3.8) is 0 Å². The van der Waals surface area contributed by atoms with Crippen LogP contribution in [0.25, 0.3) is 10.8 Å². The predicted octanol–water partition coefficient (Wildman–Crippen LogP) is 2.66. The highest BCUT2D eigenvalue weighted by Gasteiger charge is 2.15. The van der Waals surface area contributed by atoms with Gasteiger partial charge in [-0.1, -0.05) is 30.8 Å². The summed E-state index contributed by atoms with van der Waals surface area (Å²) >= 11 is 0. The predicted molar refractivity (Wildman–Crippen MR) is 102 cm³/mol. The number of carbonyl (C=O) groups is 2. The Morgan fingerprint density at radius 1 is 1.07 bits per heavy atom. The topological polar surface area (TPSA) is 92.3 Å². The van der Waals surface area contributed by atoms with Crippen LogP contribution in [0.2, 0.25) is 0 Å². The van der Waals surface area contributed by atoms with Crippen LogP contribution in [0.1, 0.15) is 0 Å². The third-order valence-corrected chi connectivity index (χ3v) is 3.72. The number of carbonyl (C=O) groups excluding carboxylic acids is 2. The number of methoxy groups -OCH3 is 2. The number of ether oxygens (including phenoxy) is 5. The van der Waals surface area contributed by atoms with Crippen LogP contribution >= 0.6 is 0 Å². The normalized spacial score (nSPS) is 11.4. The van der Waals surface area contributed by atoms with Crippen molar-refractivity contribution in [2.75, 3.05) is 34.0 Å². The van der Waals surface area contributed by atoms with Crippen LogP contribution in [0, 0.1) is 0 Å². The molecule has 0 aromatic heterocycles. The molecular weight excluding hydrogens is 366 g/mol. The number of hydrogen-bond acceptors (Lipinski definition) is 7. The van der Waals surface area contributed by atoms with Crippen LogP contribution in [0.15, 0.2) is 49.1 Å². The van der Waals surface area contributed by atoms with Crippen molar-refractivity contribution in [3.05, 3.63) is 49.1 Å². The Morgan fingerprint density at radius 3 is 2.39 bits per heavy atom. The van der Waals surface area contributed by atoms with E-state index in [0.29, 0.717) is 5.75 Å². The van der Waals surface area contributed by atoms with Gasteiger partial charge in [0.2, 0.25) is 6.29 Å². The number of nitrogens with one attached hydrogen (secondary N) is 1. The zero-order valence-corrected chi connectivity index (χ0v) is 15.8. The van der Waals surface area contributed by atoms with Crippen LogP contribution < -0.4 is 14.8 Å². The summed E-state index contributed by atoms with van der Waals surface area (Å²) < 4.78 is 26.3. The summed E-state index contributed by atoms with van der Waals surface area (Å²) in [5.74, 6) is 0.739. The first kappa shape index (κ1) is 21.0. The van der Waals surface area contributed by atoms with Crippen LogP contribution in [0.4, 0.5) is 4.79 Å². The smallest absolute Gasteiger partial charge is 0.407 e. The highest BCUT2D eigenvalue weighted by Crippen LogP contribution is 2.33. The van der Waals surface area contributed by atoms with E-state index in [4.69, 9.17) is 23.7 Å². The molecule has 0 bridgehead atoms. The molecule has 0 saturated heterocycles. The maximum Gasteiger partial charge on any atom is 0.407 e. The second-order valence-electron chi connectivity index (χ2n) is 5.49. The van der Waals surface area contributed by atoms with Gasteiger partial charge in [0, 0.05) is 24.0 Å². The van der Waals surface area contributed by atoms with Gasteiger partial charge in [-0.3, -0.25) is 0 Å². The Bertz CT molecular complexity index is 821. The molecule has 8 nitrogen and oxygen atoms in total. The second kappa shape index (κ2) is 10.8. The van der Waals surface area contributed by atoms with E-state index in [9.17, 15) is 9.59 Å². The molecule has 1 amide bonds. The first-order chi connectivity index (χ1) is 13.6. The van der Waals surface area contributed by atoms with Crippen LogP contribution in [0.5, 0.6) is 11.5 Å². The minimum atomic E-state index is -0.804. The molecule has 1 atom stereocenters. The van der Waals surface area contributed by atoms with Gasteiger partial charge in [-0.2, -0.15) is 0 Å². The van der Waals surface area contributed by atoms with Crippen molar-refractivity contribution in [2.45, 2.75) is 6.29 Å². The van der Waals surface area contributed by atoms with Gasteiger partial charge in [-0.05, 0) is 12.1 Å². The summed E-state index contributed by atoms with van der Waals surface area (Å²) in [5.41, 5.74) is 0. The van der Waals surface area contributed by atoms with E-state index < -0.39 is 18.4 Å². The summed E-state index contributed by atoms with van der Waals surface area (Å²) in [6, 6.07) is 11.2. The summed E-state index contributed by atoms with van der Waals surface area (Å²) in [5, 5.41) is 4.19. The van der Waals surface area contributed by atoms with Crippen molar-refractivity contribution in [2.24, 2.45) is 0 Å². The van der Waals surface area contributed by atoms with Gasteiger partial charge in [0.1, 0.15) is 18.1 Å². The fourth-order valence-corrected chi connectivity index (χ4v) is 2.37. The van der Waals surface area contributed by atoms with Gasteiger partial charge in [0.05, 0.1) is 13.7 Å². The van der Waals surface area contributed by atoms with E-state index in [1.165, 1.54) is 7.11 Å². The molecule has 0 aliphatic rings. The Kier molecular flexibility index (Phi) is 8.11. The Labute approximate surface area is 163 Å². The van der Waals surface area contributed by atoms with E-state index in [1.54, 1.807) is 19.2 Å². The van der Waals surface area contributed by atoms with Crippen molar-refractivity contribution >= 4 is 22.8 Å². The summed E-state index contributed by atoms with van der Waals surface area (Å²) in [7, 11) is 3.05. The van der Waals surface area contributed by atoms with Crippen molar-refractivity contribution in [1.82, 2.24) is 5.32 Å². The Morgan fingerprint density at radius 2 is 1.75 bits per heavy atom. The molecule has 2 aromatic carbocycles. The van der Waals surface area contributed by atoms with Crippen molar-refractivity contribution < 1.29 is 33.3 Å². The first-order valence-electron chi connectivity index (χ1n) is 8.54. The van der Waals surface area contributed by atoms with Gasteiger partial charge in [-0.15, -0.1) is 0 Å². The molecule has 8 heteroatoms. The lowest BCUT2D eigenvalue weighted by atomic mass is 10.1. The van der Waals surface area contributed by atoms with E-state index in [0.717, 1.165) is 22.6 Å². The average molecular weight is 389 g/mol. The Balaban J connectivity index is 1.89. The summed E-state index contributed by atoms with van der Waals surface area (Å²) in [6.45, 7) is 3.27. The monoisotopic (exact) mass is 389 g/mol. The molecule has 0 saturated carbocycles. The molecule has 2 aromatic rings. The molecule has 0 fully saturated rings. The first-order valence-corrected chi connectivity index (χ1v) is 8.54. The van der Waals surface area contributed by atoms with E-state index in [2.05, 4.69) is 11.9 Å². The molecule has 0 aliphatic heterocycles. The lowest BCUT2D eigenvalue weighted by Gasteiger charge is -2.19. The van der Waals surface area contributed by atoms with Crippen molar-refractivity contribution in [3.8, 4) is 11.5 Å². The molecule has 0 spiro atoms. The fraction of sp³-hybridized carbons (Fsp3) is 0.300. The minimum absolute atomic E-state index is 0.0159. The molecular formula is C20H23NO7. The number of fused-ring (bicyclic) bond motifs is 1. The van der Waals surface area contributed by atoms with Crippen LogP contribution in [-0.2, 0) is 19.0 Å². The standard InChI is InChI=1S/C20H23NO7/c1-4-18(22)26-12-11-21-20(23)27-13-19(25-3)28-17-10-9-16(24-2)14-7-5-6-8-15(14)17/h4-10,19H,1,11-13H2,2-3H3,(H,21,23). The summed E-state index contributed by atoms with van der Waals surface area (Å²) in [6.07, 6.45) is -0.442. The van der Waals surface area contributed by atoms with Crippen LogP contribution in [0.3, 0.4) is 0 Å². The average Bonchev–Trinajstić information content (AvgIpc) is 2.73. The largest absolute Gasteiger partial charge is 0.496 e. The van der Waals surface area contributed by atoms with Gasteiger partial charge < -0.3 is 29.0 Å². The lowest BCUT2D eigenvalue weighted by Crippen LogP contribution is -2.33. The van der Waals surface area contributed by atoms with E-state index in [-0.39, 0.29) is 19.8 Å². The number of alkyl carbamates (subject to hydrolysis) is 1. The number of esters is 1. The SMILES string of the molecule is C=CC(=O)OCCNC(=O)OCC(OC)Oc1ccc(OC)c2ccccc12. The van der Waals surface area contributed by atoms with Crippen LogP contribution in [-0.4, -0.2) is 52.3 Å². The van der Waals surface area contributed by atoms with Gasteiger partial charge in [-0.25, -0.2) is 9.59 Å². The quantitative estimate of drug-likeness (QED) is 0.289. The third kappa shape index (κ3) is 5.88. The van der Waals surface area contributed by atoms with Crippen molar-refractivity contribution in [1.29, 1.82) is 0 Å². The number of rotatable bonds is 10. The van der Waals surface area contributed by atoms with Gasteiger partial charge in [0.25, 0.3) is 0 Å². The lowest BCUT2D eigenvalue weighted by molar-refractivity contribution is -0.137. The summed E-state index contributed by atoms with van der Waals surface area (Å²) in [4.78, 5) is 22.6. The van der Waals surface area contributed by atoms with Gasteiger partial charge in [0.15, 0.2) is 6.61 Å². The zero-order valence-electron chi connectivity index (χ0n) is 15.8. The molecule has 0 radical (unpaired) electrons. The maximum absolute atomic E-state index is 11.7. The molecule has 1 N–H and O–H groups in total. The molecule has 0 aliphatic carbocycles. The fourth-order valence-electron chi connectivity index (χ4n) is 2.37. The molecule has 28 heavy (non-hydrogen) atoms. The highest BCUT2D eigenvalue weighted by atomic mass is 16.7. The number of amides is 1. The number of benzene rings is 2. The zero-order chi connectivity index (χ0) is 20.4. The van der Waals surface area contributed by atoms with E-state index in [1.807, 2.05) is 24.3 Å². The second-order valence-corrected chi connectivity index (χ2v) is 5.49. The minimum Gasteiger partial charge on any atom is -0.496 e. The highest BCUT2D eigenvalue weighted by molar-refractivity contribution is 5.93. The molecule has 150 valence electrons.